The molecule has 4 aromatic carbocycles. The molecule has 0 aliphatic rings. The number of hydrogen-bond donors (Lipinski definition) is 8. The van der Waals surface area contributed by atoms with Gasteiger partial charge in [-0.25, -0.2) is 9.59 Å². The van der Waals surface area contributed by atoms with Crippen LogP contribution < -0.4 is 10.6 Å². The third-order valence-electron chi connectivity index (χ3n) is 5.91. The van der Waals surface area contributed by atoms with Crippen molar-refractivity contribution in [3.05, 3.63) is 77.9 Å². The van der Waals surface area contributed by atoms with Crippen molar-refractivity contribution in [2.24, 2.45) is 10.2 Å². The predicted molar refractivity (Wildman–Crippen MR) is 160 cm³/mol. The lowest BCUT2D eigenvalue weighted by Gasteiger charge is -2.15. The monoisotopic (exact) mass is 617 g/mol. The highest BCUT2D eigenvalue weighted by atomic mass is 32.2. The lowest BCUT2D eigenvalue weighted by atomic mass is 10.1. The highest BCUT2D eigenvalue weighted by Gasteiger charge is 2.19. The molecule has 16 heteroatoms. The number of anilines is 4. The Kier molecular flexibility index (Phi) is 8.24. The summed E-state index contributed by atoms with van der Waals surface area (Å²) in [5.41, 5.74) is 0.159. The largest absolute Gasteiger partial charge is 0.505 e. The molecule has 0 saturated heterocycles. The van der Waals surface area contributed by atoms with Crippen LogP contribution in [0.3, 0.4) is 0 Å². The molecule has 0 unspecified atom stereocenters. The molecule has 43 heavy (non-hydrogen) atoms. The number of phenols is 1. The van der Waals surface area contributed by atoms with Crippen LogP contribution in [0.15, 0.2) is 86.7 Å². The molecule has 5 aromatic rings. The van der Waals surface area contributed by atoms with Crippen LogP contribution in [0.1, 0.15) is 20.7 Å². The maximum absolute atomic E-state index is 11.6. The third kappa shape index (κ3) is 6.25. The summed E-state index contributed by atoms with van der Waals surface area (Å²) in [4.78, 5) is 35.6. The van der Waals surface area contributed by atoms with Gasteiger partial charge in [0.1, 0.15) is 11.4 Å². The number of thiol groups is 1. The van der Waals surface area contributed by atoms with Crippen molar-refractivity contribution in [1.82, 2.24) is 15.0 Å². The lowest BCUT2D eigenvalue weighted by Crippen LogP contribution is -2.07. The maximum atomic E-state index is 11.6. The van der Waals surface area contributed by atoms with E-state index in [2.05, 4.69) is 48.4 Å². The minimum absolute atomic E-state index is 0.0535. The Hall–Kier alpha value is -5.45. The maximum Gasteiger partial charge on any atom is 0.337 e. The number of benzene rings is 4. The minimum atomic E-state index is -1.20. The van der Waals surface area contributed by atoms with Crippen molar-refractivity contribution in [3.8, 4) is 11.8 Å². The third-order valence-corrected chi connectivity index (χ3v) is 6.70. The number of fused-ring (bicyclic) bond motifs is 1. The molecular weight excluding hydrogens is 598 g/mol. The van der Waals surface area contributed by atoms with Gasteiger partial charge in [0.15, 0.2) is 5.75 Å². The van der Waals surface area contributed by atoms with E-state index in [1.807, 2.05) is 0 Å². The van der Waals surface area contributed by atoms with Gasteiger partial charge in [-0.15, -0.1) is 22.9 Å². The molecule has 0 fully saturated rings. The summed E-state index contributed by atoms with van der Waals surface area (Å²) in [6.07, 6.45) is 0. The number of phenolic OH excluding ortho intramolecular Hbond substituents is 1. The van der Waals surface area contributed by atoms with Crippen molar-refractivity contribution in [1.29, 1.82) is 0 Å². The van der Waals surface area contributed by atoms with E-state index in [4.69, 9.17) is 0 Å². The predicted octanol–water partition coefficient (Wildman–Crippen LogP) is 6.59. The first kappa shape index (κ1) is 29.1. The average molecular weight is 618 g/mol. The first-order valence-corrected chi connectivity index (χ1v) is 13.3. The zero-order valence-corrected chi connectivity index (χ0v) is 23.2. The fourth-order valence-corrected chi connectivity index (χ4v) is 4.70. The molecule has 216 valence electrons. The molecule has 7 N–H and O–H groups in total. The van der Waals surface area contributed by atoms with Crippen LogP contribution in [-0.4, -0.2) is 51.9 Å². The van der Waals surface area contributed by atoms with Gasteiger partial charge in [-0.3, -0.25) is 0 Å². The zero-order valence-electron chi connectivity index (χ0n) is 21.5. The Balaban J connectivity index is 1.58. The van der Waals surface area contributed by atoms with E-state index >= 15 is 0 Å². The molecule has 0 spiro atoms. The molecule has 0 saturated carbocycles. The Morgan fingerprint density at radius 3 is 2.09 bits per heavy atom. The zero-order chi connectivity index (χ0) is 30.7. The SMILES string of the molecule is O=C(O)c1ccccc1/N=N/c1c(S)cc2cc(SO)cc(Nc3nc(O)nc(Nc4ccccc4C(=O)O)n3)c2c1O. The van der Waals surface area contributed by atoms with Gasteiger partial charge in [0.2, 0.25) is 11.9 Å². The molecule has 0 atom stereocenters. The second-order valence-corrected chi connectivity index (χ2v) is 9.79. The Morgan fingerprint density at radius 2 is 1.42 bits per heavy atom. The van der Waals surface area contributed by atoms with E-state index in [1.165, 1.54) is 30.3 Å². The minimum Gasteiger partial charge on any atom is -0.505 e. The summed E-state index contributed by atoms with van der Waals surface area (Å²) in [6.45, 7) is 0. The topological polar surface area (TPSA) is 223 Å². The Labute approximate surface area is 251 Å². The number of aromatic hydroxyl groups is 2. The molecule has 0 amide bonds. The standard InChI is InChI=1S/C27H19N7O7S2/c35-22-20-12(10-19(42)21(22)34-33-17-8-4-2-6-15(17)24(38)39)9-13(43-41)11-18(20)29-26-30-25(31-27(40)32-26)28-16-7-3-1-5-14(16)23(36)37/h1-11,35,41-42H,(H,36,37)(H,38,39)(H3,28,29,30,31,32,40)/b34-33+. The van der Waals surface area contributed by atoms with Crippen molar-refractivity contribution in [3.63, 3.8) is 0 Å². The number of carbonyl (C=O) groups is 2. The number of nitrogens with zero attached hydrogens (tertiary/aromatic N) is 5. The normalized spacial score (nSPS) is 11.1. The lowest BCUT2D eigenvalue weighted by molar-refractivity contribution is 0.0687. The van der Waals surface area contributed by atoms with Gasteiger partial charge < -0.3 is 35.6 Å². The number of carboxylic acids is 2. The van der Waals surface area contributed by atoms with Crippen molar-refractivity contribution in [2.75, 3.05) is 10.6 Å². The Bertz CT molecular complexity index is 1940. The number of aromatic nitrogens is 3. The molecule has 1 heterocycles. The van der Waals surface area contributed by atoms with Crippen LogP contribution in [0.4, 0.5) is 34.6 Å². The second-order valence-electron chi connectivity index (χ2n) is 8.66. The van der Waals surface area contributed by atoms with E-state index < -0.39 is 17.9 Å². The number of azo groups is 1. The highest BCUT2D eigenvalue weighted by Crippen LogP contribution is 2.45. The molecule has 0 aliphatic carbocycles. The fourth-order valence-electron chi connectivity index (χ4n) is 4.06. The van der Waals surface area contributed by atoms with E-state index in [9.17, 15) is 34.6 Å². The van der Waals surface area contributed by atoms with Crippen LogP contribution in [0.25, 0.3) is 10.8 Å². The van der Waals surface area contributed by atoms with Gasteiger partial charge in [-0.05, 0) is 47.9 Å². The number of carboxylic acid groups (broad SMARTS) is 2. The van der Waals surface area contributed by atoms with Crippen LogP contribution in [0, 0.1) is 0 Å². The first-order chi connectivity index (χ1) is 20.6. The average Bonchev–Trinajstić information content (AvgIpc) is 2.96. The van der Waals surface area contributed by atoms with Gasteiger partial charge >= 0.3 is 17.9 Å². The summed E-state index contributed by atoms with van der Waals surface area (Å²) in [7, 11) is 0. The fraction of sp³-hybridized carbons (Fsp3) is 0. The molecule has 0 aliphatic heterocycles. The first-order valence-electron chi connectivity index (χ1n) is 12.0. The molecule has 0 bridgehead atoms. The molecule has 14 nitrogen and oxygen atoms in total. The van der Waals surface area contributed by atoms with E-state index in [1.54, 1.807) is 36.4 Å². The molecule has 0 radical (unpaired) electrons. The van der Waals surface area contributed by atoms with Crippen molar-refractivity contribution >= 4 is 82.0 Å². The summed E-state index contributed by atoms with van der Waals surface area (Å²) >= 11 is 4.85. The summed E-state index contributed by atoms with van der Waals surface area (Å²) in [5, 5.41) is 54.7. The quantitative estimate of drug-likeness (QED) is 0.0497. The van der Waals surface area contributed by atoms with E-state index in [0.29, 0.717) is 22.3 Å². The molecule has 5 rings (SSSR count). The Morgan fingerprint density at radius 1 is 0.791 bits per heavy atom. The van der Waals surface area contributed by atoms with Crippen LogP contribution in [0.5, 0.6) is 11.8 Å². The molecule has 1 aromatic heterocycles. The van der Waals surface area contributed by atoms with Crippen LogP contribution >= 0.6 is 24.7 Å². The van der Waals surface area contributed by atoms with Crippen LogP contribution in [0.2, 0.25) is 0 Å². The van der Waals surface area contributed by atoms with Crippen LogP contribution in [-0.2, 0) is 0 Å². The van der Waals surface area contributed by atoms with Gasteiger partial charge in [0.25, 0.3) is 0 Å². The van der Waals surface area contributed by atoms with Gasteiger partial charge in [-0.1, -0.05) is 24.3 Å². The van der Waals surface area contributed by atoms with Gasteiger partial charge in [0.05, 0.1) is 22.5 Å². The number of aromatic carboxylic acids is 2. The number of hydrogen-bond acceptors (Lipinski definition) is 14. The smallest absolute Gasteiger partial charge is 0.337 e. The highest BCUT2D eigenvalue weighted by molar-refractivity contribution is 7.93. The number of nitrogens with one attached hydrogen (secondary N) is 2. The molecular formula is C27H19N7O7S2. The van der Waals surface area contributed by atoms with E-state index in [0.717, 1.165) is 0 Å². The number of rotatable bonds is 9. The van der Waals surface area contributed by atoms with Gasteiger partial charge in [0, 0.05) is 27.2 Å². The summed E-state index contributed by atoms with van der Waals surface area (Å²) in [5.74, 6) is -3.16. The summed E-state index contributed by atoms with van der Waals surface area (Å²) < 4.78 is 9.77. The second kappa shape index (κ2) is 12.2. The summed E-state index contributed by atoms with van der Waals surface area (Å²) in [6, 6.07) is 15.9. The van der Waals surface area contributed by atoms with Crippen molar-refractivity contribution < 1.29 is 34.6 Å². The van der Waals surface area contributed by atoms with Gasteiger partial charge in [-0.2, -0.15) is 15.0 Å². The number of para-hydroxylation sites is 1. The van der Waals surface area contributed by atoms with Crippen molar-refractivity contribution in [2.45, 2.75) is 9.79 Å². The van der Waals surface area contributed by atoms with E-state index in [-0.39, 0.29) is 61.8 Å².